The number of ether oxygens (including phenoxy) is 2. The molecule has 0 aromatic heterocycles. The van der Waals surface area contributed by atoms with E-state index in [0.717, 1.165) is 12.7 Å². The minimum atomic E-state index is -0.962. The van der Waals surface area contributed by atoms with E-state index in [2.05, 4.69) is 6.07 Å². The number of rotatable bonds is 4. The zero-order valence-corrected chi connectivity index (χ0v) is 17.2. The molecule has 0 radical (unpaired) electrons. The minimum absolute atomic E-state index is 0.0279. The number of nitrogens with zero attached hydrogens (tertiary/aromatic N) is 2. The van der Waals surface area contributed by atoms with Crippen molar-refractivity contribution in [1.82, 2.24) is 0 Å². The number of allylic oxidation sites excluding steroid dienone is 1. The third kappa shape index (κ3) is 3.69. The number of aromatic hydroxyl groups is 1. The first kappa shape index (κ1) is 21.5. The molecule has 0 saturated heterocycles. The fraction of sp³-hybridized carbons (Fsp3) is 0.174. The lowest BCUT2D eigenvalue weighted by Crippen LogP contribution is -2.40. The predicted octanol–water partition coefficient (Wildman–Crippen LogP) is 2.60. The van der Waals surface area contributed by atoms with Crippen LogP contribution in [0.15, 0.2) is 71.2 Å². The lowest BCUT2D eigenvalue weighted by molar-refractivity contribution is -0.139. The molecule has 0 aliphatic carbocycles. The van der Waals surface area contributed by atoms with E-state index in [1.807, 2.05) is 0 Å². The number of esters is 2. The van der Waals surface area contributed by atoms with Crippen LogP contribution in [0.2, 0.25) is 0 Å². The predicted molar refractivity (Wildman–Crippen MR) is 112 cm³/mol. The summed E-state index contributed by atoms with van der Waals surface area (Å²) in [6, 6.07) is 15.4. The maximum atomic E-state index is 12.9. The van der Waals surface area contributed by atoms with Gasteiger partial charge in [0, 0.05) is 0 Å². The zero-order chi connectivity index (χ0) is 22.7. The molecule has 2 aromatic rings. The van der Waals surface area contributed by atoms with E-state index in [9.17, 15) is 20.0 Å². The standard InChI is InChI=1S/C23H21N3O5/c1-13-9-10-17(27)16(11-13)26-20(23(29)31-3)19(22(28)30-2)18(15(12-24)21(26)25)14-7-5-4-6-8-14/h4-11,18,27H,25H2,1-3H3. The quantitative estimate of drug-likeness (QED) is 0.724. The number of benzene rings is 2. The number of hydrogen-bond acceptors (Lipinski definition) is 8. The summed E-state index contributed by atoms with van der Waals surface area (Å²) < 4.78 is 9.91. The SMILES string of the molecule is COC(=O)C1=C(C(=O)OC)N(c2cc(C)ccc2O)C(N)=C(C#N)C1c1ccccc1. The van der Waals surface area contributed by atoms with E-state index in [0.29, 0.717) is 5.56 Å². The first-order valence-corrected chi connectivity index (χ1v) is 9.30. The van der Waals surface area contributed by atoms with Crippen LogP contribution in [0.1, 0.15) is 17.0 Å². The Morgan fingerprint density at radius 2 is 1.74 bits per heavy atom. The fourth-order valence-electron chi connectivity index (χ4n) is 3.58. The number of phenols is 1. The summed E-state index contributed by atoms with van der Waals surface area (Å²) >= 11 is 0. The Morgan fingerprint density at radius 1 is 1.10 bits per heavy atom. The van der Waals surface area contributed by atoms with E-state index in [4.69, 9.17) is 15.2 Å². The van der Waals surface area contributed by atoms with Crippen molar-refractivity contribution in [2.75, 3.05) is 19.1 Å². The van der Waals surface area contributed by atoms with Crippen LogP contribution in [-0.2, 0) is 19.1 Å². The molecule has 8 heteroatoms. The highest BCUT2D eigenvalue weighted by molar-refractivity contribution is 6.06. The van der Waals surface area contributed by atoms with Crippen LogP contribution in [0.4, 0.5) is 5.69 Å². The Labute approximate surface area is 179 Å². The van der Waals surface area contributed by atoms with Gasteiger partial charge in [-0.3, -0.25) is 4.90 Å². The van der Waals surface area contributed by atoms with Crippen molar-refractivity contribution in [2.45, 2.75) is 12.8 Å². The summed E-state index contributed by atoms with van der Waals surface area (Å²) in [5, 5.41) is 20.5. The summed E-state index contributed by atoms with van der Waals surface area (Å²) in [5.74, 6) is -2.97. The Kier molecular flexibility index (Phi) is 5.97. The van der Waals surface area contributed by atoms with Crippen molar-refractivity contribution >= 4 is 17.6 Å². The van der Waals surface area contributed by atoms with Crippen molar-refractivity contribution in [3.8, 4) is 11.8 Å². The zero-order valence-electron chi connectivity index (χ0n) is 17.2. The third-order valence-corrected chi connectivity index (χ3v) is 4.98. The number of aryl methyl sites for hydroxylation is 1. The number of phenolic OH excluding ortho intramolecular Hbond substituents is 1. The van der Waals surface area contributed by atoms with Gasteiger partial charge < -0.3 is 20.3 Å². The van der Waals surface area contributed by atoms with E-state index in [1.165, 1.54) is 18.1 Å². The summed E-state index contributed by atoms with van der Waals surface area (Å²) in [6.07, 6.45) is 0. The van der Waals surface area contributed by atoms with Gasteiger partial charge in [-0.1, -0.05) is 36.4 Å². The van der Waals surface area contributed by atoms with Crippen molar-refractivity contribution in [1.29, 1.82) is 5.26 Å². The van der Waals surface area contributed by atoms with Gasteiger partial charge in [0.1, 0.15) is 17.3 Å². The van der Waals surface area contributed by atoms with Crippen molar-refractivity contribution in [2.24, 2.45) is 5.73 Å². The number of carbonyl (C=O) groups is 2. The largest absolute Gasteiger partial charge is 0.506 e. The number of anilines is 1. The van der Waals surface area contributed by atoms with Gasteiger partial charge in [0.25, 0.3) is 0 Å². The molecule has 1 unspecified atom stereocenters. The first-order chi connectivity index (χ1) is 14.8. The van der Waals surface area contributed by atoms with Gasteiger partial charge in [-0.05, 0) is 30.2 Å². The average molecular weight is 419 g/mol. The molecule has 0 spiro atoms. The van der Waals surface area contributed by atoms with Crippen LogP contribution in [0, 0.1) is 18.3 Å². The molecule has 158 valence electrons. The molecule has 1 aliphatic heterocycles. The third-order valence-electron chi connectivity index (χ3n) is 4.98. The second-order valence-corrected chi connectivity index (χ2v) is 6.83. The van der Waals surface area contributed by atoms with Crippen molar-refractivity contribution < 1.29 is 24.2 Å². The summed E-state index contributed by atoms with van der Waals surface area (Å²) in [5.41, 5.74) is 7.50. The molecule has 0 amide bonds. The molecular formula is C23H21N3O5. The molecule has 3 N–H and O–H groups in total. The average Bonchev–Trinajstić information content (AvgIpc) is 2.79. The maximum Gasteiger partial charge on any atom is 0.355 e. The smallest absolute Gasteiger partial charge is 0.355 e. The molecule has 8 nitrogen and oxygen atoms in total. The molecule has 1 aliphatic rings. The number of nitriles is 1. The normalized spacial score (nSPS) is 16.1. The number of methoxy groups -OCH3 is 2. The molecule has 0 fully saturated rings. The Bertz CT molecular complexity index is 1150. The van der Waals surface area contributed by atoms with E-state index < -0.39 is 17.9 Å². The lowest BCUT2D eigenvalue weighted by atomic mass is 9.81. The minimum Gasteiger partial charge on any atom is -0.506 e. The van der Waals surface area contributed by atoms with Gasteiger partial charge in [0.15, 0.2) is 0 Å². The monoisotopic (exact) mass is 419 g/mol. The topological polar surface area (TPSA) is 126 Å². The fourth-order valence-corrected chi connectivity index (χ4v) is 3.58. The van der Waals surface area contributed by atoms with Gasteiger partial charge in [0.2, 0.25) is 0 Å². The van der Waals surface area contributed by atoms with Crippen LogP contribution < -0.4 is 10.6 Å². The van der Waals surface area contributed by atoms with Gasteiger partial charge in [-0.25, -0.2) is 9.59 Å². The van der Waals surface area contributed by atoms with Gasteiger partial charge in [-0.15, -0.1) is 0 Å². The number of carbonyl (C=O) groups excluding carboxylic acids is 2. The molecule has 1 heterocycles. The summed E-state index contributed by atoms with van der Waals surface area (Å²) in [6.45, 7) is 1.79. The molecule has 3 rings (SSSR count). The van der Waals surface area contributed by atoms with Gasteiger partial charge in [0.05, 0.1) is 43.0 Å². The highest BCUT2D eigenvalue weighted by Crippen LogP contribution is 2.45. The second-order valence-electron chi connectivity index (χ2n) is 6.83. The molecular weight excluding hydrogens is 398 g/mol. The van der Waals surface area contributed by atoms with Crippen LogP contribution in [0.25, 0.3) is 0 Å². The van der Waals surface area contributed by atoms with Gasteiger partial charge in [-0.2, -0.15) is 5.26 Å². The molecule has 1 atom stereocenters. The highest BCUT2D eigenvalue weighted by Gasteiger charge is 2.43. The first-order valence-electron chi connectivity index (χ1n) is 9.30. The molecule has 0 saturated carbocycles. The van der Waals surface area contributed by atoms with E-state index in [1.54, 1.807) is 49.4 Å². The van der Waals surface area contributed by atoms with Crippen LogP contribution in [0.3, 0.4) is 0 Å². The lowest BCUT2D eigenvalue weighted by Gasteiger charge is -2.36. The molecule has 2 aromatic carbocycles. The molecule has 31 heavy (non-hydrogen) atoms. The summed E-state index contributed by atoms with van der Waals surface area (Å²) in [7, 11) is 2.34. The van der Waals surface area contributed by atoms with Crippen molar-refractivity contribution in [3.63, 3.8) is 0 Å². The number of hydrogen-bond donors (Lipinski definition) is 2. The highest BCUT2D eigenvalue weighted by atomic mass is 16.5. The molecule has 0 bridgehead atoms. The Hall–Kier alpha value is -4.25. The number of nitrogens with two attached hydrogens (primary N) is 1. The second kappa shape index (κ2) is 8.63. The Morgan fingerprint density at radius 3 is 2.32 bits per heavy atom. The van der Waals surface area contributed by atoms with Crippen LogP contribution >= 0.6 is 0 Å². The maximum absolute atomic E-state index is 12.9. The Balaban J connectivity index is 2.45. The summed E-state index contributed by atoms with van der Waals surface area (Å²) in [4.78, 5) is 27.0. The van der Waals surface area contributed by atoms with E-state index >= 15 is 0 Å². The van der Waals surface area contributed by atoms with E-state index in [-0.39, 0.29) is 34.1 Å². The van der Waals surface area contributed by atoms with Gasteiger partial charge >= 0.3 is 11.9 Å². The van der Waals surface area contributed by atoms with Crippen LogP contribution in [0.5, 0.6) is 5.75 Å². The van der Waals surface area contributed by atoms with Crippen LogP contribution in [-0.4, -0.2) is 31.3 Å². The van der Waals surface area contributed by atoms with Crippen molar-refractivity contribution in [3.05, 3.63) is 82.3 Å².